The Bertz CT molecular complexity index is 1200. The summed E-state index contributed by atoms with van der Waals surface area (Å²) >= 11 is 2.09. The highest BCUT2D eigenvalue weighted by Gasteiger charge is 2.24. The first-order valence-electron chi connectivity index (χ1n) is 8.98. The van der Waals surface area contributed by atoms with E-state index in [0.29, 0.717) is 19.6 Å². The number of nitro benzene ring substituents is 2. The normalized spacial score (nSPS) is 10.4. The van der Waals surface area contributed by atoms with Crippen molar-refractivity contribution in [1.82, 2.24) is 0 Å². The highest BCUT2D eigenvalue weighted by molar-refractivity contribution is 8.00. The van der Waals surface area contributed by atoms with Crippen molar-refractivity contribution in [2.45, 2.75) is 19.6 Å². The van der Waals surface area contributed by atoms with Gasteiger partial charge in [0.05, 0.1) is 44.3 Å². The molecule has 32 heavy (non-hydrogen) atoms. The maximum atomic E-state index is 12.5. The number of carbonyl (C=O) groups is 1. The summed E-state index contributed by atoms with van der Waals surface area (Å²) < 4.78 is 10.4. The third-order valence-electron chi connectivity index (χ3n) is 4.22. The molecule has 9 nitrogen and oxygen atoms in total. The van der Waals surface area contributed by atoms with E-state index in [1.165, 1.54) is 32.4 Å². The lowest BCUT2D eigenvalue weighted by Crippen LogP contribution is -2.05. The Morgan fingerprint density at radius 2 is 1.38 bits per heavy atom. The maximum Gasteiger partial charge on any atom is 0.339 e. The minimum atomic E-state index is -0.672. The lowest BCUT2D eigenvalue weighted by atomic mass is 10.2. The molecule has 0 atom stereocenters. The zero-order valence-corrected chi connectivity index (χ0v) is 18.5. The van der Waals surface area contributed by atoms with Crippen molar-refractivity contribution in [1.29, 1.82) is 0 Å². The third-order valence-corrected chi connectivity index (χ3v) is 6.44. The van der Waals surface area contributed by atoms with E-state index in [1.54, 1.807) is 42.5 Å². The molecule has 0 saturated heterocycles. The molecule has 0 spiro atoms. The first-order chi connectivity index (χ1) is 15.3. The third kappa shape index (κ3) is 5.01. The standard InChI is InChI=1S/C21H16N2O7S2/c1-29-17-12-13(31-18-9-5-3-7-15(18)22(25)26)11-14(21(24)30-2)20(17)32-19-10-6-4-8-16(19)23(27)28/h3-12H,1-2H3. The van der Waals surface area contributed by atoms with Crippen LogP contribution in [0, 0.1) is 20.2 Å². The van der Waals surface area contributed by atoms with Gasteiger partial charge in [-0.3, -0.25) is 20.2 Å². The van der Waals surface area contributed by atoms with Crippen LogP contribution in [0.3, 0.4) is 0 Å². The molecular weight excluding hydrogens is 456 g/mol. The molecule has 0 bridgehead atoms. The fraction of sp³-hybridized carbons (Fsp3) is 0.0952. The van der Waals surface area contributed by atoms with Crippen LogP contribution >= 0.6 is 23.5 Å². The van der Waals surface area contributed by atoms with E-state index in [4.69, 9.17) is 9.47 Å². The van der Waals surface area contributed by atoms with Gasteiger partial charge in [-0.05, 0) is 24.3 Å². The number of para-hydroxylation sites is 2. The lowest BCUT2D eigenvalue weighted by Gasteiger charge is -2.15. The van der Waals surface area contributed by atoms with Crippen molar-refractivity contribution >= 4 is 40.9 Å². The van der Waals surface area contributed by atoms with Crippen molar-refractivity contribution in [2.75, 3.05) is 14.2 Å². The van der Waals surface area contributed by atoms with Gasteiger partial charge in [0.15, 0.2) is 0 Å². The number of carbonyl (C=O) groups excluding carboxylic acids is 1. The van der Waals surface area contributed by atoms with E-state index in [-0.39, 0.29) is 22.7 Å². The van der Waals surface area contributed by atoms with Gasteiger partial charge < -0.3 is 9.47 Å². The number of nitrogens with zero attached hydrogens (tertiary/aromatic N) is 2. The summed E-state index contributed by atoms with van der Waals surface area (Å²) in [4.78, 5) is 35.8. The Balaban J connectivity index is 2.11. The molecule has 0 saturated carbocycles. The van der Waals surface area contributed by atoms with Crippen LogP contribution in [0.5, 0.6) is 5.75 Å². The maximum absolute atomic E-state index is 12.5. The summed E-state index contributed by atoms with van der Waals surface area (Å²) in [7, 11) is 2.62. The number of benzene rings is 3. The summed E-state index contributed by atoms with van der Waals surface area (Å²) in [5, 5.41) is 22.7. The summed E-state index contributed by atoms with van der Waals surface area (Å²) in [6.07, 6.45) is 0. The first-order valence-corrected chi connectivity index (χ1v) is 10.6. The molecule has 0 heterocycles. The Hall–Kier alpha value is -3.57. The molecule has 0 radical (unpaired) electrons. The van der Waals surface area contributed by atoms with Crippen LogP contribution in [0.4, 0.5) is 11.4 Å². The van der Waals surface area contributed by atoms with Crippen molar-refractivity contribution in [3.8, 4) is 5.75 Å². The summed E-state index contributed by atoms with van der Waals surface area (Å²) in [6, 6.07) is 15.5. The predicted molar refractivity (Wildman–Crippen MR) is 119 cm³/mol. The Kier molecular flexibility index (Phi) is 7.33. The number of hydrogen-bond donors (Lipinski definition) is 0. The Labute approximate surface area is 191 Å². The fourth-order valence-electron chi connectivity index (χ4n) is 2.78. The smallest absolute Gasteiger partial charge is 0.339 e. The van der Waals surface area contributed by atoms with Crippen LogP contribution < -0.4 is 4.74 Å². The number of methoxy groups -OCH3 is 2. The summed E-state index contributed by atoms with van der Waals surface area (Å²) in [6.45, 7) is 0. The van der Waals surface area contributed by atoms with Gasteiger partial charge in [-0.2, -0.15) is 0 Å². The topological polar surface area (TPSA) is 122 Å². The Morgan fingerprint density at radius 1 is 0.844 bits per heavy atom. The molecule has 3 rings (SSSR count). The van der Waals surface area contributed by atoms with E-state index >= 15 is 0 Å². The monoisotopic (exact) mass is 472 g/mol. The molecule has 0 fully saturated rings. The average Bonchev–Trinajstić information content (AvgIpc) is 2.79. The van der Waals surface area contributed by atoms with Gasteiger partial charge in [0.1, 0.15) is 5.75 Å². The van der Waals surface area contributed by atoms with Gasteiger partial charge in [-0.1, -0.05) is 47.8 Å². The van der Waals surface area contributed by atoms with Gasteiger partial charge >= 0.3 is 5.97 Å². The minimum Gasteiger partial charge on any atom is -0.496 e. The van der Waals surface area contributed by atoms with Crippen LogP contribution in [-0.2, 0) is 4.74 Å². The molecular formula is C21H16N2O7S2. The van der Waals surface area contributed by atoms with Crippen LogP contribution in [0.25, 0.3) is 0 Å². The van der Waals surface area contributed by atoms with Gasteiger partial charge in [-0.25, -0.2) is 4.79 Å². The van der Waals surface area contributed by atoms with Crippen LogP contribution in [-0.4, -0.2) is 30.0 Å². The molecule has 0 aliphatic rings. The Morgan fingerprint density at radius 3 is 1.88 bits per heavy atom. The molecule has 0 aliphatic heterocycles. The molecule has 3 aromatic rings. The zero-order chi connectivity index (χ0) is 23.3. The largest absolute Gasteiger partial charge is 0.496 e. The summed E-state index contributed by atoms with van der Waals surface area (Å²) in [5.74, 6) is -0.397. The van der Waals surface area contributed by atoms with Crippen molar-refractivity contribution in [3.05, 3.63) is 86.5 Å². The number of rotatable bonds is 8. The molecule has 3 aromatic carbocycles. The zero-order valence-electron chi connectivity index (χ0n) is 16.8. The van der Waals surface area contributed by atoms with Gasteiger partial charge in [0, 0.05) is 17.0 Å². The number of ether oxygens (including phenoxy) is 2. The molecule has 0 aromatic heterocycles. The first kappa shape index (κ1) is 23.1. The van der Waals surface area contributed by atoms with Crippen LogP contribution in [0.2, 0.25) is 0 Å². The highest BCUT2D eigenvalue weighted by Crippen LogP contribution is 2.45. The average molecular weight is 473 g/mol. The fourth-order valence-corrected chi connectivity index (χ4v) is 4.88. The highest BCUT2D eigenvalue weighted by atomic mass is 32.2. The second kappa shape index (κ2) is 10.2. The molecule has 0 amide bonds. The second-order valence-corrected chi connectivity index (χ2v) is 8.32. The number of hydrogen-bond acceptors (Lipinski definition) is 9. The van der Waals surface area contributed by atoms with E-state index in [2.05, 4.69) is 0 Å². The van der Waals surface area contributed by atoms with Crippen molar-refractivity contribution < 1.29 is 24.1 Å². The van der Waals surface area contributed by atoms with E-state index < -0.39 is 15.8 Å². The van der Waals surface area contributed by atoms with E-state index in [0.717, 1.165) is 23.5 Å². The molecule has 11 heteroatoms. The summed E-state index contributed by atoms with van der Waals surface area (Å²) in [5.41, 5.74) is -0.0701. The van der Waals surface area contributed by atoms with Gasteiger partial charge in [0.25, 0.3) is 11.4 Å². The van der Waals surface area contributed by atoms with Crippen molar-refractivity contribution in [2.24, 2.45) is 0 Å². The molecule has 0 N–H and O–H groups in total. The van der Waals surface area contributed by atoms with E-state index in [1.807, 2.05) is 0 Å². The van der Waals surface area contributed by atoms with Crippen molar-refractivity contribution in [3.63, 3.8) is 0 Å². The van der Waals surface area contributed by atoms with Gasteiger partial charge in [-0.15, -0.1) is 0 Å². The predicted octanol–water partition coefficient (Wildman–Crippen LogP) is 5.60. The lowest BCUT2D eigenvalue weighted by molar-refractivity contribution is -0.387. The minimum absolute atomic E-state index is 0.0746. The van der Waals surface area contributed by atoms with Crippen LogP contribution in [0.15, 0.2) is 80.2 Å². The molecule has 0 unspecified atom stereocenters. The number of esters is 1. The van der Waals surface area contributed by atoms with Crippen LogP contribution in [0.1, 0.15) is 10.4 Å². The second-order valence-electron chi connectivity index (χ2n) is 6.15. The van der Waals surface area contributed by atoms with Gasteiger partial charge in [0.2, 0.25) is 0 Å². The molecule has 0 aliphatic carbocycles. The number of nitro groups is 2. The SMILES string of the molecule is COC(=O)c1cc(Sc2ccccc2[N+](=O)[O-])cc(OC)c1Sc1ccccc1[N+](=O)[O-]. The quantitative estimate of drug-likeness (QED) is 0.234. The molecule has 164 valence electrons. The van der Waals surface area contributed by atoms with E-state index in [9.17, 15) is 25.0 Å².